The summed E-state index contributed by atoms with van der Waals surface area (Å²) >= 11 is 8.13. The lowest BCUT2D eigenvalue weighted by atomic mass is 10.1. The van der Waals surface area contributed by atoms with E-state index in [0.717, 1.165) is 19.7 Å². The second-order valence-electron chi connectivity index (χ2n) is 2.51. The van der Waals surface area contributed by atoms with Crippen LogP contribution in [0.15, 0.2) is 12.1 Å². The van der Waals surface area contributed by atoms with Gasteiger partial charge in [0.2, 0.25) is 0 Å². The highest BCUT2D eigenvalue weighted by atomic mass is 127. The summed E-state index contributed by atoms with van der Waals surface area (Å²) in [5.41, 5.74) is 2.04. The van der Waals surface area contributed by atoms with Crippen LogP contribution in [0, 0.1) is 21.8 Å². The van der Waals surface area contributed by atoms with Crippen LogP contribution in [0.3, 0.4) is 0 Å². The number of nitriles is 1. The fourth-order valence-electron chi connectivity index (χ4n) is 0.968. The van der Waals surface area contributed by atoms with Crippen molar-refractivity contribution in [2.45, 2.75) is 13.3 Å². The zero-order valence-corrected chi connectivity index (χ0v) is 9.48. The van der Waals surface area contributed by atoms with Crippen LogP contribution in [0.4, 0.5) is 0 Å². The molecule has 0 saturated carbocycles. The molecule has 0 atom stereocenters. The van der Waals surface area contributed by atoms with E-state index in [4.69, 9.17) is 16.9 Å². The molecule has 1 rings (SSSR count). The lowest BCUT2D eigenvalue weighted by Crippen LogP contribution is -1.89. The standard InChI is InChI=1S/C9H7ClIN/c1-6-7(2-3-12)4-8(11)5-9(6)10/h4-5H,2H2,1H3. The minimum atomic E-state index is 0.433. The zero-order chi connectivity index (χ0) is 9.14. The fourth-order valence-corrected chi connectivity index (χ4v) is 2.08. The van der Waals surface area contributed by atoms with Gasteiger partial charge >= 0.3 is 0 Å². The maximum atomic E-state index is 8.53. The lowest BCUT2D eigenvalue weighted by molar-refractivity contribution is 1.21. The first-order valence-electron chi connectivity index (χ1n) is 3.46. The summed E-state index contributed by atoms with van der Waals surface area (Å²) in [6.45, 7) is 1.94. The van der Waals surface area contributed by atoms with Crippen molar-refractivity contribution in [3.63, 3.8) is 0 Å². The molecule has 0 bridgehead atoms. The van der Waals surface area contributed by atoms with Gasteiger partial charge in [0.05, 0.1) is 12.5 Å². The molecule has 0 unspecified atom stereocenters. The third kappa shape index (κ3) is 2.11. The van der Waals surface area contributed by atoms with Gasteiger partial charge in [-0.1, -0.05) is 11.6 Å². The second-order valence-corrected chi connectivity index (χ2v) is 4.16. The Bertz CT molecular complexity index is 341. The van der Waals surface area contributed by atoms with Gasteiger partial charge in [0, 0.05) is 8.59 Å². The van der Waals surface area contributed by atoms with Crippen LogP contribution in [-0.4, -0.2) is 0 Å². The molecule has 0 amide bonds. The van der Waals surface area contributed by atoms with Crippen molar-refractivity contribution in [3.8, 4) is 6.07 Å². The highest BCUT2D eigenvalue weighted by Gasteiger charge is 2.03. The summed E-state index contributed by atoms with van der Waals surface area (Å²) in [5.74, 6) is 0. The molecule has 0 heterocycles. The molecule has 0 radical (unpaired) electrons. The number of nitrogens with zero attached hydrogens (tertiary/aromatic N) is 1. The Balaban J connectivity index is 3.20. The Morgan fingerprint density at radius 3 is 2.83 bits per heavy atom. The Labute approximate surface area is 90.5 Å². The molecule has 62 valence electrons. The number of halogens is 2. The van der Waals surface area contributed by atoms with Gasteiger partial charge in [-0.3, -0.25) is 0 Å². The van der Waals surface area contributed by atoms with Crippen LogP contribution < -0.4 is 0 Å². The van der Waals surface area contributed by atoms with Crippen molar-refractivity contribution in [2.24, 2.45) is 0 Å². The summed E-state index contributed by atoms with van der Waals surface area (Å²) in [6.07, 6.45) is 0.433. The van der Waals surface area contributed by atoms with Gasteiger partial charge in [-0.2, -0.15) is 5.26 Å². The molecule has 1 aromatic carbocycles. The van der Waals surface area contributed by atoms with Crippen molar-refractivity contribution < 1.29 is 0 Å². The first-order chi connectivity index (χ1) is 5.65. The third-order valence-corrected chi connectivity index (χ3v) is 2.70. The van der Waals surface area contributed by atoms with E-state index >= 15 is 0 Å². The topological polar surface area (TPSA) is 23.8 Å². The van der Waals surface area contributed by atoms with Crippen molar-refractivity contribution in [1.29, 1.82) is 5.26 Å². The zero-order valence-electron chi connectivity index (χ0n) is 6.56. The van der Waals surface area contributed by atoms with E-state index < -0.39 is 0 Å². The minimum absolute atomic E-state index is 0.433. The normalized spacial score (nSPS) is 9.50. The monoisotopic (exact) mass is 291 g/mol. The lowest BCUT2D eigenvalue weighted by Gasteiger charge is -2.04. The molecule has 0 aliphatic carbocycles. The van der Waals surface area contributed by atoms with Gasteiger partial charge < -0.3 is 0 Å². The van der Waals surface area contributed by atoms with Gasteiger partial charge in [-0.25, -0.2) is 0 Å². The molecule has 0 aromatic heterocycles. The first kappa shape index (κ1) is 9.82. The van der Waals surface area contributed by atoms with E-state index in [1.54, 1.807) is 0 Å². The molecule has 0 spiro atoms. The first-order valence-corrected chi connectivity index (χ1v) is 4.92. The van der Waals surface area contributed by atoms with Crippen LogP contribution in [-0.2, 0) is 6.42 Å². The number of hydrogen-bond acceptors (Lipinski definition) is 1. The van der Waals surface area contributed by atoms with Crippen molar-refractivity contribution in [1.82, 2.24) is 0 Å². The summed E-state index contributed by atoms with van der Waals surface area (Å²) in [5, 5.41) is 9.27. The van der Waals surface area contributed by atoms with E-state index in [2.05, 4.69) is 28.7 Å². The molecule has 3 heteroatoms. The minimum Gasteiger partial charge on any atom is -0.198 e. The maximum Gasteiger partial charge on any atom is 0.0669 e. The molecule has 0 saturated heterocycles. The SMILES string of the molecule is Cc1c(Cl)cc(I)cc1CC#N. The molecule has 12 heavy (non-hydrogen) atoms. The van der Waals surface area contributed by atoms with Gasteiger partial charge in [-0.15, -0.1) is 0 Å². The Hall–Kier alpha value is -0.270. The molecule has 0 N–H and O–H groups in total. The van der Waals surface area contributed by atoms with E-state index in [1.165, 1.54) is 0 Å². The van der Waals surface area contributed by atoms with Crippen molar-refractivity contribution >= 4 is 34.2 Å². The van der Waals surface area contributed by atoms with E-state index in [0.29, 0.717) is 6.42 Å². The molecule has 0 aliphatic rings. The van der Waals surface area contributed by atoms with E-state index in [-0.39, 0.29) is 0 Å². The summed E-state index contributed by atoms with van der Waals surface area (Å²) < 4.78 is 1.08. The summed E-state index contributed by atoms with van der Waals surface area (Å²) in [7, 11) is 0. The molecule has 1 aromatic rings. The Morgan fingerprint density at radius 1 is 1.58 bits per heavy atom. The van der Waals surface area contributed by atoms with Crippen LogP contribution in [0.2, 0.25) is 5.02 Å². The molecule has 1 nitrogen and oxygen atoms in total. The molecular weight excluding hydrogens is 284 g/mol. The van der Waals surface area contributed by atoms with Crippen molar-refractivity contribution in [3.05, 3.63) is 31.9 Å². The van der Waals surface area contributed by atoms with Crippen LogP contribution in [0.25, 0.3) is 0 Å². The number of rotatable bonds is 1. The van der Waals surface area contributed by atoms with Crippen LogP contribution in [0.5, 0.6) is 0 Å². The largest absolute Gasteiger partial charge is 0.198 e. The average Bonchev–Trinajstić information content (AvgIpc) is 2.00. The highest BCUT2D eigenvalue weighted by molar-refractivity contribution is 14.1. The van der Waals surface area contributed by atoms with Gasteiger partial charge in [0.25, 0.3) is 0 Å². The van der Waals surface area contributed by atoms with Gasteiger partial charge in [0.15, 0.2) is 0 Å². The predicted molar refractivity (Wildman–Crippen MR) is 58.2 cm³/mol. The third-order valence-electron chi connectivity index (χ3n) is 1.69. The quantitative estimate of drug-likeness (QED) is 0.728. The summed E-state index contributed by atoms with van der Waals surface area (Å²) in [4.78, 5) is 0. The van der Waals surface area contributed by atoms with Crippen LogP contribution in [0.1, 0.15) is 11.1 Å². The van der Waals surface area contributed by atoms with Gasteiger partial charge in [-0.05, 0) is 52.8 Å². The molecule has 0 fully saturated rings. The number of hydrogen-bond donors (Lipinski definition) is 0. The maximum absolute atomic E-state index is 8.53. The van der Waals surface area contributed by atoms with E-state index in [1.807, 2.05) is 19.1 Å². The Morgan fingerprint density at radius 2 is 2.25 bits per heavy atom. The van der Waals surface area contributed by atoms with Crippen LogP contribution >= 0.6 is 34.2 Å². The van der Waals surface area contributed by atoms with E-state index in [9.17, 15) is 0 Å². The number of benzene rings is 1. The van der Waals surface area contributed by atoms with Gasteiger partial charge in [0.1, 0.15) is 0 Å². The average molecular weight is 292 g/mol. The second kappa shape index (κ2) is 4.11. The fraction of sp³-hybridized carbons (Fsp3) is 0.222. The molecule has 0 aliphatic heterocycles. The smallest absolute Gasteiger partial charge is 0.0669 e. The molecular formula is C9H7ClIN. The predicted octanol–water partition coefficient (Wildman–Crippen LogP) is 3.32. The highest BCUT2D eigenvalue weighted by Crippen LogP contribution is 2.22. The Kier molecular flexibility index (Phi) is 3.36. The summed E-state index contributed by atoms with van der Waals surface area (Å²) in [6, 6.07) is 6.01. The van der Waals surface area contributed by atoms with Crippen molar-refractivity contribution in [2.75, 3.05) is 0 Å².